The summed E-state index contributed by atoms with van der Waals surface area (Å²) >= 11 is 0. The van der Waals surface area contributed by atoms with Crippen LogP contribution in [0.2, 0.25) is 0 Å². The summed E-state index contributed by atoms with van der Waals surface area (Å²) in [5, 5.41) is 0. The van der Waals surface area contributed by atoms with Crippen molar-refractivity contribution < 1.29 is 14.2 Å². The van der Waals surface area contributed by atoms with Gasteiger partial charge in [0.1, 0.15) is 11.5 Å². The third-order valence-electron chi connectivity index (χ3n) is 3.32. The second-order valence-corrected chi connectivity index (χ2v) is 4.67. The Morgan fingerprint density at radius 1 is 0.864 bits per heavy atom. The lowest BCUT2D eigenvalue weighted by Crippen LogP contribution is -2.01. The Morgan fingerprint density at radius 2 is 1.41 bits per heavy atom. The molecule has 0 N–H and O–H groups in total. The van der Waals surface area contributed by atoms with Crippen LogP contribution >= 0.6 is 0 Å². The molecular formula is C19H20O3. The molecule has 0 aliphatic rings. The molecule has 0 spiro atoms. The molecule has 2 aromatic carbocycles. The Bertz CT molecular complexity index is 674. The third-order valence-corrected chi connectivity index (χ3v) is 3.32. The molecule has 0 unspecified atom stereocenters. The Labute approximate surface area is 131 Å². The van der Waals surface area contributed by atoms with E-state index >= 15 is 0 Å². The molecule has 2 aromatic rings. The van der Waals surface area contributed by atoms with E-state index in [0.717, 1.165) is 33.8 Å². The first-order valence-corrected chi connectivity index (χ1v) is 6.92. The zero-order chi connectivity index (χ0) is 15.9. The number of methoxy groups -OCH3 is 2. The third kappa shape index (κ3) is 3.38. The van der Waals surface area contributed by atoms with Crippen molar-refractivity contribution in [2.45, 2.75) is 0 Å². The highest BCUT2D eigenvalue weighted by molar-refractivity contribution is 5.79. The van der Waals surface area contributed by atoms with E-state index < -0.39 is 0 Å². The maximum Gasteiger partial charge on any atom is 0.188 e. The van der Waals surface area contributed by atoms with Gasteiger partial charge < -0.3 is 14.2 Å². The van der Waals surface area contributed by atoms with Crippen LogP contribution in [0.25, 0.3) is 23.3 Å². The van der Waals surface area contributed by atoms with Crippen LogP contribution in [0, 0.1) is 0 Å². The molecule has 0 radical (unpaired) electrons. The SMILES string of the molecule is C=Cc1ccc(OC)c(-c2cc(C=C)ccc2OCOC)c1. The molecule has 0 aromatic heterocycles. The van der Waals surface area contributed by atoms with Gasteiger partial charge in [-0.3, -0.25) is 0 Å². The average molecular weight is 296 g/mol. The maximum atomic E-state index is 5.68. The van der Waals surface area contributed by atoms with Gasteiger partial charge in [-0.05, 0) is 35.4 Å². The number of ether oxygens (including phenoxy) is 3. The Balaban J connectivity index is 2.62. The minimum Gasteiger partial charge on any atom is -0.496 e. The van der Waals surface area contributed by atoms with Crippen LogP contribution in [0.5, 0.6) is 11.5 Å². The van der Waals surface area contributed by atoms with Gasteiger partial charge in [-0.25, -0.2) is 0 Å². The summed E-state index contributed by atoms with van der Waals surface area (Å²) < 4.78 is 16.2. The van der Waals surface area contributed by atoms with Crippen LogP contribution in [-0.2, 0) is 4.74 Å². The lowest BCUT2D eigenvalue weighted by Gasteiger charge is -2.15. The first-order chi connectivity index (χ1) is 10.7. The summed E-state index contributed by atoms with van der Waals surface area (Å²) in [6, 6.07) is 11.8. The highest BCUT2D eigenvalue weighted by Gasteiger charge is 2.13. The molecule has 22 heavy (non-hydrogen) atoms. The van der Waals surface area contributed by atoms with E-state index in [4.69, 9.17) is 14.2 Å². The molecule has 3 heteroatoms. The lowest BCUT2D eigenvalue weighted by atomic mass is 9.98. The predicted octanol–water partition coefficient (Wildman–Crippen LogP) is 4.63. The predicted molar refractivity (Wildman–Crippen MR) is 91.1 cm³/mol. The van der Waals surface area contributed by atoms with E-state index in [-0.39, 0.29) is 6.79 Å². The van der Waals surface area contributed by atoms with Crippen molar-refractivity contribution in [1.82, 2.24) is 0 Å². The standard InChI is InChI=1S/C19H20O3/c1-5-14-7-9-18(21-4)16(11-14)17-12-15(6-2)8-10-19(17)22-13-20-3/h5-12H,1-2,13H2,3-4H3. The topological polar surface area (TPSA) is 27.7 Å². The molecule has 0 saturated carbocycles. The van der Waals surface area contributed by atoms with E-state index in [9.17, 15) is 0 Å². The largest absolute Gasteiger partial charge is 0.496 e. The van der Waals surface area contributed by atoms with Gasteiger partial charge in [0.2, 0.25) is 0 Å². The molecule has 0 aliphatic heterocycles. The normalized spacial score (nSPS) is 10.1. The molecule has 0 atom stereocenters. The first-order valence-electron chi connectivity index (χ1n) is 6.92. The Hall–Kier alpha value is -2.52. The fraction of sp³-hybridized carbons (Fsp3) is 0.158. The van der Waals surface area contributed by atoms with Gasteiger partial charge in [0, 0.05) is 18.2 Å². The lowest BCUT2D eigenvalue weighted by molar-refractivity contribution is 0.0515. The minimum absolute atomic E-state index is 0.184. The molecule has 2 rings (SSSR count). The fourth-order valence-corrected chi connectivity index (χ4v) is 2.20. The van der Waals surface area contributed by atoms with Crippen molar-refractivity contribution in [2.75, 3.05) is 21.0 Å². The van der Waals surface area contributed by atoms with Gasteiger partial charge in [0.15, 0.2) is 6.79 Å². The van der Waals surface area contributed by atoms with Crippen molar-refractivity contribution >= 4 is 12.2 Å². The highest BCUT2D eigenvalue weighted by Crippen LogP contribution is 2.38. The highest BCUT2D eigenvalue weighted by atomic mass is 16.7. The molecule has 0 amide bonds. The van der Waals surface area contributed by atoms with Crippen molar-refractivity contribution in [2.24, 2.45) is 0 Å². The summed E-state index contributed by atoms with van der Waals surface area (Å²) in [4.78, 5) is 0. The molecule has 0 aliphatic carbocycles. The smallest absolute Gasteiger partial charge is 0.188 e. The van der Waals surface area contributed by atoms with Crippen LogP contribution < -0.4 is 9.47 Å². The van der Waals surface area contributed by atoms with Gasteiger partial charge >= 0.3 is 0 Å². The summed E-state index contributed by atoms with van der Waals surface area (Å²) in [6.45, 7) is 7.82. The van der Waals surface area contributed by atoms with Crippen molar-refractivity contribution in [3.05, 3.63) is 60.7 Å². The molecule has 3 nitrogen and oxygen atoms in total. The Morgan fingerprint density at radius 3 is 1.91 bits per heavy atom. The maximum absolute atomic E-state index is 5.68. The monoisotopic (exact) mass is 296 g/mol. The molecule has 0 saturated heterocycles. The minimum atomic E-state index is 0.184. The zero-order valence-electron chi connectivity index (χ0n) is 13.0. The summed E-state index contributed by atoms with van der Waals surface area (Å²) in [5.41, 5.74) is 3.88. The molecule has 0 fully saturated rings. The van der Waals surface area contributed by atoms with Crippen LogP contribution in [0.15, 0.2) is 49.6 Å². The second-order valence-electron chi connectivity index (χ2n) is 4.67. The summed E-state index contributed by atoms with van der Waals surface area (Å²) in [6.07, 6.45) is 3.60. The molecule has 0 heterocycles. The van der Waals surface area contributed by atoms with E-state index in [1.807, 2.05) is 36.4 Å². The van der Waals surface area contributed by atoms with Crippen molar-refractivity contribution in [3.8, 4) is 22.6 Å². The van der Waals surface area contributed by atoms with Gasteiger partial charge in [-0.2, -0.15) is 0 Å². The van der Waals surface area contributed by atoms with Crippen LogP contribution in [0.4, 0.5) is 0 Å². The Kier molecular flexibility index (Phi) is 5.39. The number of hydrogen-bond acceptors (Lipinski definition) is 3. The number of hydrogen-bond donors (Lipinski definition) is 0. The van der Waals surface area contributed by atoms with Gasteiger partial charge in [0.25, 0.3) is 0 Å². The molecule has 0 bridgehead atoms. The van der Waals surface area contributed by atoms with E-state index in [0.29, 0.717) is 0 Å². The van der Waals surface area contributed by atoms with Crippen LogP contribution in [-0.4, -0.2) is 21.0 Å². The fourth-order valence-electron chi connectivity index (χ4n) is 2.20. The van der Waals surface area contributed by atoms with Gasteiger partial charge in [-0.1, -0.05) is 37.4 Å². The molecular weight excluding hydrogens is 276 g/mol. The average Bonchev–Trinajstić information content (AvgIpc) is 2.59. The van der Waals surface area contributed by atoms with E-state index in [1.165, 1.54) is 0 Å². The van der Waals surface area contributed by atoms with E-state index in [2.05, 4.69) is 13.2 Å². The van der Waals surface area contributed by atoms with Gasteiger partial charge in [0.05, 0.1) is 7.11 Å². The quantitative estimate of drug-likeness (QED) is 0.697. The molecule has 114 valence electrons. The summed E-state index contributed by atoms with van der Waals surface area (Å²) in [5.74, 6) is 1.50. The van der Waals surface area contributed by atoms with Crippen LogP contribution in [0.3, 0.4) is 0 Å². The number of rotatable bonds is 7. The number of benzene rings is 2. The van der Waals surface area contributed by atoms with Crippen molar-refractivity contribution in [1.29, 1.82) is 0 Å². The first kappa shape index (κ1) is 15.9. The second kappa shape index (κ2) is 7.48. The van der Waals surface area contributed by atoms with Crippen molar-refractivity contribution in [3.63, 3.8) is 0 Å². The summed E-state index contributed by atoms with van der Waals surface area (Å²) in [7, 11) is 3.25. The van der Waals surface area contributed by atoms with Crippen LogP contribution in [0.1, 0.15) is 11.1 Å². The zero-order valence-corrected chi connectivity index (χ0v) is 13.0. The van der Waals surface area contributed by atoms with Gasteiger partial charge in [-0.15, -0.1) is 0 Å². The van der Waals surface area contributed by atoms with E-state index in [1.54, 1.807) is 26.4 Å².